The zero-order chi connectivity index (χ0) is 18.4. The van der Waals surface area contributed by atoms with Crippen LogP contribution in [0.3, 0.4) is 0 Å². The molecule has 2 aliphatic rings. The van der Waals surface area contributed by atoms with Gasteiger partial charge in [0.1, 0.15) is 6.10 Å². The summed E-state index contributed by atoms with van der Waals surface area (Å²) in [6.07, 6.45) is 3.88. The molecule has 138 valence electrons. The van der Waals surface area contributed by atoms with Gasteiger partial charge in [-0.3, -0.25) is 4.79 Å². The van der Waals surface area contributed by atoms with Gasteiger partial charge in [0.05, 0.1) is 5.41 Å². The molecule has 1 saturated carbocycles. The average Bonchev–Trinajstić information content (AvgIpc) is 2.49. The molecule has 0 amide bonds. The van der Waals surface area contributed by atoms with Gasteiger partial charge in [-0.05, 0) is 50.4 Å². The largest absolute Gasteiger partial charge is 0.459 e. The van der Waals surface area contributed by atoms with Crippen molar-refractivity contribution in [3.63, 3.8) is 0 Å². The first kappa shape index (κ1) is 20.0. The van der Waals surface area contributed by atoms with Crippen molar-refractivity contribution in [3.05, 3.63) is 0 Å². The highest BCUT2D eigenvalue weighted by molar-refractivity contribution is 14.1. The van der Waals surface area contributed by atoms with Gasteiger partial charge in [0.2, 0.25) is 5.60 Å². The predicted molar refractivity (Wildman–Crippen MR) is 102 cm³/mol. The molecule has 1 aliphatic carbocycles. The second-order valence-electron chi connectivity index (χ2n) is 9.43. The van der Waals surface area contributed by atoms with Crippen molar-refractivity contribution in [3.8, 4) is 0 Å². The fraction of sp³-hybridized carbons (Fsp3) is 0.895. The lowest BCUT2D eigenvalue weighted by molar-refractivity contribution is -0.188. The minimum Gasteiger partial charge on any atom is -0.459 e. The molecule has 3 unspecified atom stereocenters. The van der Waals surface area contributed by atoms with E-state index in [0.29, 0.717) is 17.3 Å². The molecule has 1 saturated heterocycles. The molecule has 0 aromatic heterocycles. The number of esters is 2. The van der Waals surface area contributed by atoms with Gasteiger partial charge in [-0.25, -0.2) is 4.79 Å². The molecule has 2 bridgehead atoms. The molecule has 5 heteroatoms. The molecule has 2 fully saturated rings. The molecule has 0 N–H and O–H groups in total. The average molecular weight is 450 g/mol. The third-order valence-corrected chi connectivity index (χ3v) is 7.45. The quantitative estimate of drug-likeness (QED) is 0.355. The van der Waals surface area contributed by atoms with Crippen LogP contribution < -0.4 is 0 Å². The third kappa shape index (κ3) is 3.91. The summed E-state index contributed by atoms with van der Waals surface area (Å²) in [5.74, 6) is -0.674. The molecular formula is C19H31IO4. The van der Waals surface area contributed by atoms with E-state index in [1.54, 1.807) is 6.92 Å². The Morgan fingerprint density at radius 2 is 1.92 bits per heavy atom. The van der Waals surface area contributed by atoms with E-state index in [-0.39, 0.29) is 28.9 Å². The van der Waals surface area contributed by atoms with E-state index in [1.807, 2.05) is 13.8 Å². The van der Waals surface area contributed by atoms with Crippen LogP contribution in [-0.4, -0.2) is 28.1 Å². The van der Waals surface area contributed by atoms with Crippen LogP contribution in [0.1, 0.15) is 73.6 Å². The molecule has 0 spiro atoms. The van der Waals surface area contributed by atoms with Gasteiger partial charge in [-0.15, -0.1) is 0 Å². The minimum absolute atomic E-state index is 0.0550. The third-order valence-electron chi connectivity index (χ3n) is 5.76. The van der Waals surface area contributed by atoms with Gasteiger partial charge in [0.25, 0.3) is 0 Å². The van der Waals surface area contributed by atoms with E-state index in [1.165, 1.54) is 0 Å². The van der Waals surface area contributed by atoms with Gasteiger partial charge in [0, 0.05) is 10.8 Å². The summed E-state index contributed by atoms with van der Waals surface area (Å²) >= 11 is 2.21. The Balaban J connectivity index is 2.29. The molecule has 0 aromatic rings. The number of hydrogen-bond acceptors (Lipinski definition) is 4. The lowest BCUT2D eigenvalue weighted by Gasteiger charge is -2.45. The lowest BCUT2D eigenvalue weighted by Crippen LogP contribution is -2.47. The zero-order valence-corrected chi connectivity index (χ0v) is 18.0. The highest BCUT2D eigenvalue weighted by Gasteiger charge is 2.55. The second-order valence-corrected chi connectivity index (χ2v) is 10.2. The van der Waals surface area contributed by atoms with Crippen LogP contribution in [0.25, 0.3) is 0 Å². The van der Waals surface area contributed by atoms with E-state index in [9.17, 15) is 9.59 Å². The Kier molecular flexibility index (Phi) is 5.36. The van der Waals surface area contributed by atoms with E-state index >= 15 is 0 Å². The fourth-order valence-electron chi connectivity index (χ4n) is 4.62. The topological polar surface area (TPSA) is 52.6 Å². The summed E-state index contributed by atoms with van der Waals surface area (Å²) in [4.78, 5) is 25.5. The predicted octanol–water partition coefficient (Wildman–Crippen LogP) is 4.67. The molecule has 2 rings (SSSR count). The van der Waals surface area contributed by atoms with Crippen LogP contribution in [0.2, 0.25) is 0 Å². The van der Waals surface area contributed by atoms with Crippen molar-refractivity contribution < 1.29 is 19.1 Å². The van der Waals surface area contributed by atoms with E-state index in [4.69, 9.17) is 9.47 Å². The van der Waals surface area contributed by atoms with Gasteiger partial charge < -0.3 is 9.47 Å². The molecule has 4 atom stereocenters. The van der Waals surface area contributed by atoms with E-state index in [0.717, 1.165) is 19.3 Å². The standard InChI is InChI=1S/C19H31IO4/c1-7-18(5,12-20)14(21)24-19(6)11-17(4)9-13(23-15(19)22)8-16(2,3)10-17/h13H,7-12H2,1-6H3/t13?,17?,18?,19-/m0/s1. The highest BCUT2D eigenvalue weighted by Crippen LogP contribution is 2.53. The zero-order valence-electron chi connectivity index (χ0n) is 15.8. The first-order chi connectivity index (χ1) is 10.9. The Bertz CT molecular complexity index is 525. The van der Waals surface area contributed by atoms with Crippen molar-refractivity contribution in [1.29, 1.82) is 0 Å². The summed E-state index contributed by atoms with van der Waals surface area (Å²) in [5.41, 5.74) is -1.68. The Labute approximate surface area is 159 Å². The number of alkyl halides is 1. The van der Waals surface area contributed by atoms with Crippen LogP contribution in [0.4, 0.5) is 0 Å². The van der Waals surface area contributed by atoms with Gasteiger partial charge >= 0.3 is 11.9 Å². The lowest BCUT2D eigenvalue weighted by atomic mass is 9.61. The van der Waals surface area contributed by atoms with Crippen LogP contribution in [-0.2, 0) is 19.1 Å². The first-order valence-electron chi connectivity index (χ1n) is 8.88. The van der Waals surface area contributed by atoms with Gasteiger partial charge in [0.15, 0.2) is 0 Å². The molecule has 1 aliphatic heterocycles. The fourth-order valence-corrected chi connectivity index (χ4v) is 5.47. The van der Waals surface area contributed by atoms with Crippen molar-refractivity contribution in [1.82, 2.24) is 0 Å². The highest BCUT2D eigenvalue weighted by atomic mass is 127. The maximum Gasteiger partial charge on any atom is 0.350 e. The van der Waals surface area contributed by atoms with Gasteiger partial charge in [-0.1, -0.05) is 50.3 Å². The van der Waals surface area contributed by atoms with Gasteiger partial charge in [-0.2, -0.15) is 0 Å². The Hall–Kier alpha value is -0.330. The maximum absolute atomic E-state index is 12.8. The molecule has 24 heavy (non-hydrogen) atoms. The summed E-state index contributed by atoms with van der Waals surface area (Å²) in [5, 5.41) is 0. The summed E-state index contributed by atoms with van der Waals surface area (Å²) in [7, 11) is 0. The summed E-state index contributed by atoms with van der Waals surface area (Å²) in [6, 6.07) is 0. The molecule has 1 heterocycles. The van der Waals surface area contributed by atoms with Crippen molar-refractivity contribution in [2.75, 3.05) is 4.43 Å². The maximum atomic E-state index is 12.8. The second kappa shape index (κ2) is 6.44. The number of hydrogen-bond donors (Lipinski definition) is 0. The van der Waals surface area contributed by atoms with Crippen LogP contribution in [0.15, 0.2) is 0 Å². The first-order valence-corrected chi connectivity index (χ1v) is 10.4. The number of ether oxygens (including phenoxy) is 2. The Morgan fingerprint density at radius 1 is 1.29 bits per heavy atom. The number of rotatable bonds is 4. The van der Waals surface area contributed by atoms with Crippen molar-refractivity contribution >= 4 is 34.5 Å². The number of carbonyl (C=O) groups excluding carboxylic acids is 2. The molecular weight excluding hydrogens is 419 g/mol. The number of carbonyl (C=O) groups is 2. The van der Waals surface area contributed by atoms with Crippen LogP contribution in [0, 0.1) is 16.2 Å². The molecule has 4 nitrogen and oxygen atoms in total. The monoisotopic (exact) mass is 450 g/mol. The van der Waals surface area contributed by atoms with E-state index < -0.39 is 11.0 Å². The smallest absolute Gasteiger partial charge is 0.350 e. The number of fused-ring (bicyclic) bond motifs is 2. The normalized spacial score (nSPS) is 37.8. The minimum atomic E-state index is -1.19. The number of halogens is 1. The SMILES string of the molecule is CCC(C)(CI)C(=O)O[C@@]1(C)CC2(C)CC(CC(C)(C)C2)OC1=O. The Morgan fingerprint density at radius 3 is 2.46 bits per heavy atom. The van der Waals surface area contributed by atoms with Crippen molar-refractivity contribution in [2.24, 2.45) is 16.2 Å². The summed E-state index contributed by atoms with van der Waals surface area (Å²) < 4.78 is 12.3. The summed E-state index contributed by atoms with van der Waals surface area (Å²) in [6.45, 7) is 12.3. The molecule has 0 aromatic carbocycles. The molecule has 0 radical (unpaired) electrons. The van der Waals surface area contributed by atoms with Crippen LogP contribution >= 0.6 is 22.6 Å². The van der Waals surface area contributed by atoms with Crippen LogP contribution in [0.5, 0.6) is 0 Å². The van der Waals surface area contributed by atoms with Crippen molar-refractivity contribution in [2.45, 2.75) is 85.4 Å². The van der Waals surface area contributed by atoms with E-state index in [2.05, 4.69) is 43.4 Å².